The van der Waals surface area contributed by atoms with Gasteiger partial charge in [0, 0.05) is 19.6 Å². The predicted octanol–water partition coefficient (Wildman–Crippen LogP) is 1.63. The molecule has 0 radical (unpaired) electrons. The minimum Gasteiger partial charge on any atom is -0.388 e. The molecule has 0 amide bonds. The van der Waals surface area contributed by atoms with Crippen LogP contribution in [0.2, 0.25) is 0 Å². The van der Waals surface area contributed by atoms with E-state index in [0.717, 1.165) is 19.0 Å². The van der Waals surface area contributed by atoms with E-state index in [1.54, 1.807) is 0 Å². The second-order valence-electron chi connectivity index (χ2n) is 5.17. The molecule has 0 unspecified atom stereocenters. The summed E-state index contributed by atoms with van der Waals surface area (Å²) in [6, 6.07) is 0. The van der Waals surface area contributed by atoms with Gasteiger partial charge in [-0.2, -0.15) is 0 Å². The molecular weight excluding hydrogens is 162 g/mol. The maximum Gasteiger partial charge on any atom is 0.0872 e. The molecule has 2 fully saturated rings. The maximum absolute atomic E-state index is 9.57. The van der Waals surface area contributed by atoms with Crippen molar-refractivity contribution in [1.82, 2.24) is 4.90 Å². The lowest BCUT2D eigenvalue weighted by atomic mass is 9.87. The van der Waals surface area contributed by atoms with Crippen LogP contribution >= 0.6 is 0 Å². The summed E-state index contributed by atoms with van der Waals surface area (Å²) in [5, 5.41) is 9.57. The lowest BCUT2D eigenvalue weighted by Crippen LogP contribution is -2.60. The molecule has 1 heterocycles. The first kappa shape index (κ1) is 9.47. The lowest BCUT2D eigenvalue weighted by Gasteiger charge is -2.46. The number of rotatable bonds is 2. The number of hydrogen-bond donors (Lipinski definition) is 1. The van der Waals surface area contributed by atoms with Gasteiger partial charge in [0.2, 0.25) is 0 Å². The fourth-order valence-electron chi connectivity index (χ4n) is 2.78. The number of nitrogens with zero attached hydrogens (tertiary/aromatic N) is 1. The Kier molecular flexibility index (Phi) is 2.61. The van der Waals surface area contributed by atoms with Crippen molar-refractivity contribution >= 4 is 0 Å². The van der Waals surface area contributed by atoms with E-state index in [9.17, 15) is 5.11 Å². The Hall–Kier alpha value is -0.0800. The molecule has 2 aliphatic rings. The van der Waals surface area contributed by atoms with Crippen molar-refractivity contribution in [2.24, 2.45) is 5.92 Å². The van der Waals surface area contributed by atoms with Gasteiger partial charge in [-0.25, -0.2) is 0 Å². The summed E-state index contributed by atoms with van der Waals surface area (Å²) in [5.74, 6) is 0.921. The minimum absolute atomic E-state index is 0.380. The highest BCUT2D eigenvalue weighted by Crippen LogP contribution is 2.28. The molecule has 2 nitrogen and oxygen atoms in total. The van der Waals surface area contributed by atoms with Crippen molar-refractivity contribution in [2.75, 3.05) is 19.6 Å². The Morgan fingerprint density at radius 3 is 2.38 bits per heavy atom. The molecule has 1 saturated carbocycles. The van der Waals surface area contributed by atoms with Crippen LogP contribution in [0, 0.1) is 5.92 Å². The van der Waals surface area contributed by atoms with Gasteiger partial charge in [-0.05, 0) is 25.7 Å². The molecule has 0 aromatic carbocycles. The van der Waals surface area contributed by atoms with Gasteiger partial charge in [-0.15, -0.1) is 0 Å². The molecule has 1 N–H and O–H groups in total. The molecule has 1 aliphatic carbocycles. The summed E-state index contributed by atoms with van der Waals surface area (Å²) in [5.41, 5.74) is -0.380. The monoisotopic (exact) mass is 183 g/mol. The van der Waals surface area contributed by atoms with E-state index in [1.165, 1.54) is 38.6 Å². The summed E-state index contributed by atoms with van der Waals surface area (Å²) in [4.78, 5) is 2.40. The second kappa shape index (κ2) is 3.58. The third kappa shape index (κ3) is 2.44. The first-order chi connectivity index (χ1) is 6.16. The molecule has 13 heavy (non-hydrogen) atoms. The van der Waals surface area contributed by atoms with Gasteiger partial charge in [0.05, 0.1) is 5.60 Å². The van der Waals surface area contributed by atoms with Crippen LogP contribution in [-0.2, 0) is 0 Å². The largest absolute Gasteiger partial charge is 0.388 e. The molecule has 0 aromatic rings. The first-order valence-electron chi connectivity index (χ1n) is 5.60. The van der Waals surface area contributed by atoms with Crippen LogP contribution in [0.15, 0.2) is 0 Å². The maximum atomic E-state index is 9.57. The predicted molar refractivity (Wildman–Crippen MR) is 53.6 cm³/mol. The topological polar surface area (TPSA) is 23.5 Å². The normalized spacial score (nSPS) is 30.0. The molecule has 76 valence electrons. The number of aliphatic hydroxyl groups is 1. The van der Waals surface area contributed by atoms with Crippen molar-refractivity contribution in [3.8, 4) is 0 Å². The Labute approximate surface area is 80.9 Å². The van der Waals surface area contributed by atoms with Crippen LogP contribution in [-0.4, -0.2) is 35.2 Å². The van der Waals surface area contributed by atoms with Gasteiger partial charge in [0.15, 0.2) is 0 Å². The molecule has 2 rings (SSSR count). The summed E-state index contributed by atoms with van der Waals surface area (Å²) < 4.78 is 0. The third-order valence-electron chi connectivity index (χ3n) is 3.37. The highest BCUT2D eigenvalue weighted by Gasteiger charge is 2.37. The average Bonchev–Trinajstić information content (AvgIpc) is 2.03. The minimum atomic E-state index is -0.380. The van der Waals surface area contributed by atoms with Gasteiger partial charge in [-0.3, -0.25) is 4.90 Å². The van der Waals surface area contributed by atoms with E-state index in [2.05, 4.69) is 4.90 Å². The smallest absolute Gasteiger partial charge is 0.0872 e. The van der Waals surface area contributed by atoms with Crippen molar-refractivity contribution in [3.05, 3.63) is 0 Å². The van der Waals surface area contributed by atoms with E-state index in [-0.39, 0.29) is 5.60 Å². The van der Waals surface area contributed by atoms with E-state index < -0.39 is 0 Å². The Bertz CT molecular complexity index is 165. The van der Waals surface area contributed by atoms with Crippen LogP contribution in [0.4, 0.5) is 0 Å². The Morgan fingerprint density at radius 2 is 1.85 bits per heavy atom. The summed E-state index contributed by atoms with van der Waals surface area (Å²) in [6.07, 6.45) is 7.12. The quantitative estimate of drug-likeness (QED) is 0.703. The standard InChI is InChI=1S/C11H21NO/c1-11(13)8-12(9-11)7-10-5-3-2-4-6-10/h10,13H,2-9H2,1H3. The van der Waals surface area contributed by atoms with Gasteiger partial charge in [0.25, 0.3) is 0 Å². The molecule has 1 aliphatic heterocycles. The number of hydrogen-bond acceptors (Lipinski definition) is 2. The van der Waals surface area contributed by atoms with Crippen molar-refractivity contribution in [1.29, 1.82) is 0 Å². The molecule has 2 heteroatoms. The summed E-state index contributed by atoms with van der Waals surface area (Å²) in [6.45, 7) is 4.95. The average molecular weight is 183 g/mol. The van der Waals surface area contributed by atoms with E-state index in [0.29, 0.717) is 0 Å². The molecule has 1 saturated heterocycles. The number of likely N-dealkylation sites (tertiary alicyclic amines) is 1. The first-order valence-corrected chi connectivity index (χ1v) is 5.60. The number of β-amino-alcohol motifs (C(OH)–C–C–N with tert-alkyl or cyclic N) is 1. The van der Waals surface area contributed by atoms with E-state index >= 15 is 0 Å². The summed E-state index contributed by atoms with van der Waals surface area (Å²) >= 11 is 0. The van der Waals surface area contributed by atoms with Crippen molar-refractivity contribution in [3.63, 3.8) is 0 Å². The zero-order chi connectivity index (χ0) is 9.31. The molecule has 0 atom stereocenters. The van der Waals surface area contributed by atoms with E-state index in [4.69, 9.17) is 0 Å². The van der Waals surface area contributed by atoms with Crippen LogP contribution in [0.5, 0.6) is 0 Å². The van der Waals surface area contributed by atoms with Crippen LogP contribution in [0.1, 0.15) is 39.0 Å². The molecule has 0 spiro atoms. The Balaban J connectivity index is 1.68. The summed E-state index contributed by atoms with van der Waals surface area (Å²) in [7, 11) is 0. The van der Waals surface area contributed by atoms with Gasteiger partial charge >= 0.3 is 0 Å². The Morgan fingerprint density at radius 1 is 1.23 bits per heavy atom. The van der Waals surface area contributed by atoms with Gasteiger partial charge in [0.1, 0.15) is 0 Å². The third-order valence-corrected chi connectivity index (χ3v) is 3.37. The van der Waals surface area contributed by atoms with Crippen molar-refractivity contribution < 1.29 is 5.11 Å². The highest BCUT2D eigenvalue weighted by atomic mass is 16.3. The molecular formula is C11H21NO. The second-order valence-corrected chi connectivity index (χ2v) is 5.17. The zero-order valence-corrected chi connectivity index (χ0v) is 8.63. The zero-order valence-electron chi connectivity index (χ0n) is 8.63. The lowest BCUT2D eigenvalue weighted by molar-refractivity contribution is -0.0897. The van der Waals surface area contributed by atoms with Gasteiger partial charge < -0.3 is 5.11 Å². The fourth-order valence-corrected chi connectivity index (χ4v) is 2.78. The van der Waals surface area contributed by atoms with Crippen molar-refractivity contribution in [2.45, 2.75) is 44.6 Å². The highest BCUT2D eigenvalue weighted by molar-refractivity contribution is 4.92. The molecule has 0 bridgehead atoms. The molecule has 0 aromatic heterocycles. The van der Waals surface area contributed by atoms with Crippen LogP contribution < -0.4 is 0 Å². The van der Waals surface area contributed by atoms with Crippen LogP contribution in [0.25, 0.3) is 0 Å². The van der Waals surface area contributed by atoms with Crippen LogP contribution in [0.3, 0.4) is 0 Å². The van der Waals surface area contributed by atoms with E-state index in [1.807, 2.05) is 6.92 Å². The van der Waals surface area contributed by atoms with Gasteiger partial charge in [-0.1, -0.05) is 19.3 Å². The SMILES string of the molecule is CC1(O)CN(CC2CCCCC2)C1. The fraction of sp³-hybridized carbons (Fsp3) is 1.00.